The molecule has 0 radical (unpaired) electrons. The molecule has 0 aliphatic carbocycles. The topological polar surface area (TPSA) is 22.5 Å². The molecule has 0 N–H and O–H groups in total. The van der Waals surface area contributed by atoms with Crippen molar-refractivity contribution in [3.63, 3.8) is 0 Å². The van der Waals surface area contributed by atoms with Gasteiger partial charge in [-0.15, -0.1) is 0 Å². The number of hydrogen-bond donors (Lipinski definition) is 0. The molecule has 0 amide bonds. The molecular formula is C19H16N2OS2. The summed E-state index contributed by atoms with van der Waals surface area (Å²) in [4.78, 5) is 0.433. The van der Waals surface area contributed by atoms with Gasteiger partial charge in [-0.05, 0) is 36.3 Å². The van der Waals surface area contributed by atoms with E-state index in [-0.39, 0.29) is 0 Å². The Morgan fingerprint density at radius 2 is 1.75 bits per heavy atom. The summed E-state index contributed by atoms with van der Waals surface area (Å²) in [5.74, 6) is 0. The Hall–Kier alpha value is -2.24. The van der Waals surface area contributed by atoms with E-state index in [9.17, 15) is 0 Å². The lowest BCUT2D eigenvalue weighted by molar-refractivity contribution is 0.486. The van der Waals surface area contributed by atoms with Gasteiger partial charge in [-0.2, -0.15) is 0 Å². The van der Waals surface area contributed by atoms with E-state index < -0.39 is 0 Å². The second-order valence-corrected chi connectivity index (χ2v) is 6.44. The first-order valence-electron chi connectivity index (χ1n) is 7.94. The summed E-state index contributed by atoms with van der Waals surface area (Å²) >= 11 is 11.2. The van der Waals surface area contributed by atoms with E-state index >= 15 is 0 Å². The Balaban J connectivity index is 2.24. The van der Waals surface area contributed by atoms with Gasteiger partial charge in [-0.3, -0.25) is 4.57 Å². The molecule has 24 heavy (non-hydrogen) atoms. The molecule has 0 unspecified atom stereocenters. The van der Waals surface area contributed by atoms with Crippen LogP contribution in [-0.2, 0) is 6.54 Å². The number of rotatable bonds is 3. The van der Waals surface area contributed by atoms with Gasteiger partial charge in [-0.1, -0.05) is 55.5 Å². The van der Waals surface area contributed by atoms with Crippen molar-refractivity contribution in [3.05, 3.63) is 64.2 Å². The highest BCUT2D eigenvalue weighted by atomic mass is 32.1. The Bertz CT molecular complexity index is 1150. The molecule has 0 spiro atoms. The summed E-state index contributed by atoms with van der Waals surface area (Å²) in [6.07, 6.45) is 2.97. The SMILES string of the molecule is CCCn1c(=S)oc2c(-c3ccccc3)c3ccccn3c2c1=S. The molecule has 4 aromatic rings. The summed E-state index contributed by atoms with van der Waals surface area (Å²) < 4.78 is 10.8. The Kier molecular flexibility index (Phi) is 3.82. The molecule has 3 nitrogen and oxygen atoms in total. The average molecular weight is 352 g/mol. The van der Waals surface area contributed by atoms with Gasteiger partial charge in [0.1, 0.15) is 10.2 Å². The standard InChI is InChI=1S/C19H16N2OS2/c1-2-11-21-18(23)16-17(22-19(21)24)15(13-8-4-3-5-9-13)14-10-6-7-12-20(14)16/h3-10,12H,2,11H2,1H3. The molecular weight excluding hydrogens is 336 g/mol. The zero-order valence-electron chi connectivity index (χ0n) is 13.2. The lowest BCUT2D eigenvalue weighted by atomic mass is 10.1. The number of nitrogens with zero attached hydrogens (tertiary/aromatic N) is 2. The van der Waals surface area contributed by atoms with Crippen LogP contribution in [0.1, 0.15) is 13.3 Å². The minimum absolute atomic E-state index is 0.433. The zero-order valence-corrected chi connectivity index (χ0v) is 14.9. The van der Waals surface area contributed by atoms with Crippen LogP contribution in [0.4, 0.5) is 0 Å². The molecule has 5 heteroatoms. The van der Waals surface area contributed by atoms with Crippen molar-refractivity contribution in [2.75, 3.05) is 0 Å². The summed E-state index contributed by atoms with van der Waals surface area (Å²) in [6, 6.07) is 16.3. The third kappa shape index (κ3) is 2.24. The lowest BCUT2D eigenvalue weighted by Crippen LogP contribution is -2.02. The predicted molar refractivity (Wildman–Crippen MR) is 103 cm³/mol. The van der Waals surface area contributed by atoms with Crippen molar-refractivity contribution in [2.24, 2.45) is 0 Å². The summed E-state index contributed by atoms with van der Waals surface area (Å²) in [5, 5.41) is 0. The summed E-state index contributed by atoms with van der Waals surface area (Å²) in [5.41, 5.74) is 4.86. The van der Waals surface area contributed by atoms with Gasteiger partial charge >= 0.3 is 0 Å². The van der Waals surface area contributed by atoms with Gasteiger partial charge < -0.3 is 8.82 Å². The van der Waals surface area contributed by atoms with Gasteiger partial charge in [0.25, 0.3) is 4.84 Å². The van der Waals surface area contributed by atoms with Crippen molar-refractivity contribution in [2.45, 2.75) is 19.9 Å². The number of pyridine rings is 1. The fourth-order valence-electron chi connectivity index (χ4n) is 3.14. The summed E-state index contributed by atoms with van der Waals surface area (Å²) in [7, 11) is 0. The molecule has 0 bridgehead atoms. The zero-order chi connectivity index (χ0) is 16.7. The number of fused-ring (bicyclic) bond motifs is 3. The third-order valence-corrected chi connectivity index (χ3v) is 4.88. The van der Waals surface area contributed by atoms with E-state index in [0.29, 0.717) is 4.84 Å². The minimum atomic E-state index is 0.433. The highest BCUT2D eigenvalue weighted by molar-refractivity contribution is 7.72. The van der Waals surface area contributed by atoms with Gasteiger partial charge in [-0.25, -0.2) is 0 Å². The smallest absolute Gasteiger partial charge is 0.270 e. The summed E-state index contributed by atoms with van der Waals surface area (Å²) in [6.45, 7) is 2.87. The first-order valence-corrected chi connectivity index (χ1v) is 8.76. The van der Waals surface area contributed by atoms with Crippen LogP contribution in [-0.4, -0.2) is 8.97 Å². The maximum absolute atomic E-state index is 6.09. The van der Waals surface area contributed by atoms with Gasteiger partial charge in [0, 0.05) is 12.7 Å². The van der Waals surface area contributed by atoms with Crippen LogP contribution >= 0.6 is 24.4 Å². The molecule has 0 aliphatic heterocycles. The van der Waals surface area contributed by atoms with Crippen molar-refractivity contribution < 1.29 is 4.42 Å². The van der Waals surface area contributed by atoms with E-state index in [1.165, 1.54) is 0 Å². The third-order valence-electron chi connectivity index (χ3n) is 4.17. The van der Waals surface area contributed by atoms with E-state index in [4.69, 9.17) is 28.9 Å². The van der Waals surface area contributed by atoms with Gasteiger partial charge in [0.15, 0.2) is 5.58 Å². The van der Waals surface area contributed by atoms with Crippen molar-refractivity contribution in [1.29, 1.82) is 0 Å². The van der Waals surface area contributed by atoms with Gasteiger partial charge in [0.05, 0.1) is 11.1 Å². The molecule has 0 aliphatic rings. The predicted octanol–water partition coefficient (Wildman–Crippen LogP) is 6.02. The highest BCUT2D eigenvalue weighted by Crippen LogP contribution is 2.36. The second kappa shape index (κ2) is 6.00. The van der Waals surface area contributed by atoms with Crippen LogP contribution in [0, 0.1) is 9.48 Å². The first-order chi connectivity index (χ1) is 11.7. The van der Waals surface area contributed by atoms with Crippen LogP contribution in [0.2, 0.25) is 0 Å². The fraction of sp³-hybridized carbons (Fsp3) is 0.158. The van der Waals surface area contributed by atoms with E-state index in [0.717, 1.165) is 45.3 Å². The Labute approximate surface area is 149 Å². The van der Waals surface area contributed by atoms with E-state index in [1.807, 2.05) is 41.1 Å². The van der Waals surface area contributed by atoms with Crippen LogP contribution in [0.15, 0.2) is 59.1 Å². The number of aromatic nitrogens is 2. The van der Waals surface area contributed by atoms with E-state index in [1.54, 1.807) is 0 Å². The Morgan fingerprint density at radius 3 is 2.50 bits per heavy atom. The van der Waals surface area contributed by atoms with E-state index in [2.05, 4.69) is 29.5 Å². The average Bonchev–Trinajstić information content (AvgIpc) is 2.93. The van der Waals surface area contributed by atoms with Crippen LogP contribution < -0.4 is 0 Å². The molecule has 120 valence electrons. The fourth-order valence-corrected chi connectivity index (χ4v) is 3.83. The molecule has 0 saturated carbocycles. The lowest BCUT2D eigenvalue weighted by Gasteiger charge is -2.06. The van der Waals surface area contributed by atoms with Crippen molar-refractivity contribution in [1.82, 2.24) is 8.97 Å². The van der Waals surface area contributed by atoms with Crippen molar-refractivity contribution >= 4 is 41.1 Å². The number of hydrogen-bond acceptors (Lipinski definition) is 3. The monoisotopic (exact) mass is 352 g/mol. The largest absolute Gasteiger partial charge is 0.428 e. The second-order valence-electron chi connectivity index (χ2n) is 5.70. The molecule has 0 fully saturated rings. The van der Waals surface area contributed by atoms with Gasteiger partial charge in [0.2, 0.25) is 0 Å². The highest BCUT2D eigenvalue weighted by Gasteiger charge is 2.18. The molecule has 4 rings (SSSR count). The molecule has 3 aromatic heterocycles. The van der Waals surface area contributed by atoms with Crippen molar-refractivity contribution in [3.8, 4) is 11.1 Å². The molecule has 3 heterocycles. The molecule has 0 atom stereocenters. The first kappa shape index (κ1) is 15.3. The molecule has 1 aromatic carbocycles. The normalized spacial score (nSPS) is 11.4. The Morgan fingerprint density at radius 1 is 1.00 bits per heavy atom. The van der Waals surface area contributed by atoms with Crippen LogP contribution in [0.25, 0.3) is 27.7 Å². The maximum atomic E-state index is 6.09. The number of benzene rings is 1. The van der Waals surface area contributed by atoms with Crippen LogP contribution in [0.3, 0.4) is 0 Å². The quantitative estimate of drug-likeness (QED) is 0.421. The van der Waals surface area contributed by atoms with Crippen LogP contribution in [0.5, 0.6) is 0 Å². The molecule has 0 saturated heterocycles. The minimum Gasteiger partial charge on any atom is -0.428 e. The maximum Gasteiger partial charge on any atom is 0.270 e.